The number of halogens is 1. The Morgan fingerprint density at radius 3 is 3.19 bits per heavy atom. The molecule has 1 unspecified atom stereocenters. The van der Waals surface area contributed by atoms with Crippen LogP contribution >= 0.6 is 15.9 Å². The van der Waals surface area contributed by atoms with E-state index in [-0.39, 0.29) is 12.0 Å². The van der Waals surface area contributed by atoms with Gasteiger partial charge in [0.25, 0.3) is 5.91 Å². The second kappa shape index (κ2) is 5.47. The fourth-order valence-corrected chi connectivity index (χ4v) is 1.89. The Morgan fingerprint density at radius 1 is 1.69 bits per heavy atom. The van der Waals surface area contributed by atoms with Crippen molar-refractivity contribution in [3.63, 3.8) is 0 Å². The van der Waals surface area contributed by atoms with E-state index in [4.69, 9.17) is 4.74 Å². The van der Waals surface area contributed by atoms with Crippen molar-refractivity contribution in [2.75, 3.05) is 26.2 Å². The van der Waals surface area contributed by atoms with Gasteiger partial charge < -0.3 is 20.4 Å². The van der Waals surface area contributed by atoms with E-state index >= 15 is 0 Å². The maximum Gasteiger partial charge on any atom is 0.267 e. The zero-order valence-electron chi connectivity index (χ0n) is 8.75. The summed E-state index contributed by atoms with van der Waals surface area (Å²) in [5.74, 6) is -0.111. The van der Waals surface area contributed by atoms with E-state index in [0.717, 1.165) is 17.6 Å². The molecule has 1 saturated heterocycles. The van der Waals surface area contributed by atoms with Gasteiger partial charge in [0, 0.05) is 30.3 Å². The quantitative estimate of drug-likeness (QED) is 0.758. The monoisotopic (exact) mass is 287 g/mol. The minimum Gasteiger partial charge on any atom is -0.374 e. The van der Waals surface area contributed by atoms with Crippen molar-refractivity contribution in [1.82, 2.24) is 15.6 Å². The number of rotatable bonds is 3. The van der Waals surface area contributed by atoms with Gasteiger partial charge in [-0.05, 0) is 22.0 Å². The van der Waals surface area contributed by atoms with Gasteiger partial charge >= 0.3 is 0 Å². The number of hydrogen-bond donors (Lipinski definition) is 3. The van der Waals surface area contributed by atoms with Crippen molar-refractivity contribution in [3.05, 3.63) is 22.4 Å². The van der Waals surface area contributed by atoms with Crippen molar-refractivity contribution in [3.8, 4) is 0 Å². The number of carbonyl (C=O) groups excluding carboxylic acids is 1. The van der Waals surface area contributed by atoms with Crippen LogP contribution in [0.4, 0.5) is 0 Å². The molecule has 1 atom stereocenters. The third kappa shape index (κ3) is 3.07. The molecule has 16 heavy (non-hydrogen) atoms. The maximum absolute atomic E-state index is 11.7. The van der Waals surface area contributed by atoms with Crippen LogP contribution in [-0.4, -0.2) is 43.2 Å². The minimum atomic E-state index is -0.111. The van der Waals surface area contributed by atoms with Gasteiger partial charge in [-0.3, -0.25) is 4.79 Å². The lowest BCUT2D eigenvalue weighted by Crippen LogP contribution is -2.45. The Labute approximate surface area is 102 Å². The number of carbonyl (C=O) groups is 1. The Balaban J connectivity index is 1.79. The summed E-state index contributed by atoms with van der Waals surface area (Å²) in [5.41, 5.74) is 0.552. The molecule has 2 rings (SSSR count). The van der Waals surface area contributed by atoms with E-state index < -0.39 is 0 Å². The molecule has 1 aromatic heterocycles. The number of H-pyrrole nitrogens is 1. The highest BCUT2D eigenvalue weighted by molar-refractivity contribution is 9.10. The third-order valence-corrected chi connectivity index (χ3v) is 2.84. The number of aromatic nitrogens is 1. The van der Waals surface area contributed by atoms with Crippen molar-refractivity contribution in [1.29, 1.82) is 0 Å². The summed E-state index contributed by atoms with van der Waals surface area (Å²) in [6, 6.07) is 1.75. The SMILES string of the molecule is O=C(NCC1CNCCO1)c1cc(Br)c[nH]1. The number of nitrogens with one attached hydrogen (secondary N) is 3. The zero-order valence-corrected chi connectivity index (χ0v) is 10.3. The molecule has 0 aromatic carbocycles. The van der Waals surface area contributed by atoms with Crippen molar-refractivity contribution in [2.24, 2.45) is 0 Å². The molecule has 1 aromatic rings. The molecule has 88 valence electrons. The molecule has 3 N–H and O–H groups in total. The maximum atomic E-state index is 11.7. The van der Waals surface area contributed by atoms with Gasteiger partial charge in [0.15, 0.2) is 0 Å². The highest BCUT2D eigenvalue weighted by Crippen LogP contribution is 2.10. The molecule has 0 saturated carbocycles. The predicted octanol–water partition coefficient (Wildman–Crippen LogP) is 0.495. The lowest BCUT2D eigenvalue weighted by atomic mass is 10.3. The van der Waals surface area contributed by atoms with Gasteiger partial charge in [-0.2, -0.15) is 0 Å². The second-order valence-electron chi connectivity index (χ2n) is 3.64. The molecule has 1 amide bonds. The van der Waals surface area contributed by atoms with Crippen LogP contribution in [0.5, 0.6) is 0 Å². The number of amides is 1. The molecular formula is C10H14BrN3O2. The largest absolute Gasteiger partial charge is 0.374 e. The molecule has 0 aliphatic carbocycles. The van der Waals surface area contributed by atoms with Crippen LogP contribution in [0.25, 0.3) is 0 Å². The number of ether oxygens (including phenoxy) is 1. The van der Waals surface area contributed by atoms with Crippen LogP contribution in [-0.2, 0) is 4.74 Å². The van der Waals surface area contributed by atoms with Crippen LogP contribution < -0.4 is 10.6 Å². The van der Waals surface area contributed by atoms with Crippen LogP contribution in [0.3, 0.4) is 0 Å². The van der Waals surface area contributed by atoms with Gasteiger partial charge in [-0.25, -0.2) is 0 Å². The van der Waals surface area contributed by atoms with E-state index in [0.29, 0.717) is 18.8 Å². The summed E-state index contributed by atoms with van der Waals surface area (Å²) in [6.45, 7) is 2.90. The summed E-state index contributed by atoms with van der Waals surface area (Å²) in [7, 11) is 0. The van der Waals surface area contributed by atoms with Gasteiger partial charge in [0.05, 0.1) is 12.7 Å². The normalized spacial score (nSPS) is 20.7. The summed E-state index contributed by atoms with van der Waals surface area (Å²) in [5, 5.41) is 6.04. The fraction of sp³-hybridized carbons (Fsp3) is 0.500. The first kappa shape index (κ1) is 11.6. The highest BCUT2D eigenvalue weighted by Gasteiger charge is 2.15. The Kier molecular flexibility index (Phi) is 3.98. The van der Waals surface area contributed by atoms with Crippen LogP contribution in [0, 0.1) is 0 Å². The standard InChI is InChI=1S/C10H14BrN3O2/c11-7-3-9(13-4-7)10(15)14-6-8-5-12-1-2-16-8/h3-4,8,12-13H,1-2,5-6H2,(H,14,15). The number of aromatic amines is 1. The van der Waals surface area contributed by atoms with E-state index in [2.05, 4.69) is 31.5 Å². The first-order valence-electron chi connectivity index (χ1n) is 5.20. The summed E-state index contributed by atoms with van der Waals surface area (Å²) >= 11 is 3.28. The minimum absolute atomic E-state index is 0.0658. The summed E-state index contributed by atoms with van der Waals surface area (Å²) in [6.07, 6.45) is 1.80. The van der Waals surface area contributed by atoms with E-state index in [1.54, 1.807) is 12.3 Å². The number of morpholine rings is 1. The van der Waals surface area contributed by atoms with Crippen LogP contribution in [0.15, 0.2) is 16.7 Å². The van der Waals surface area contributed by atoms with Crippen LogP contribution in [0.1, 0.15) is 10.5 Å². The average Bonchev–Trinajstić information content (AvgIpc) is 2.74. The van der Waals surface area contributed by atoms with Crippen molar-refractivity contribution < 1.29 is 9.53 Å². The zero-order chi connectivity index (χ0) is 11.4. The topological polar surface area (TPSA) is 66.2 Å². The molecule has 5 nitrogen and oxygen atoms in total. The summed E-state index contributed by atoms with van der Waals surface area (Å²) < 4.78 is 6.34. The molecular weight excluding hydrogens is 274 g/mol. The van der Waals surface area contributed by atoms with Gasteiger partial charge in [0.1, 0.15) is 5.69 Å². The van der Waals surface area contributed by atoms with E-state index in [1.165, 1.54) is 0 Å². The predicted molar refractivity (Wildman–Crippen MR) is 63.4 cm³/mol. The molecule has 6 heteroatoms. The molecule has 0 spiro atoms. The molecule has 0 bridgehead atoms. The lowest BCUT2D eigenvalue weighted by Gasteiger charge is -2.23. The Bertz CT molecular complexity index is 361. The van der Waals surface area contributed by atoms with Crippen molar-refractivity contribution in [2.45, 2.75) is 6.10 Å². The van der Waals surface area contributed by atoms with Gasteiger partial charge in [-0.15, -0.1) is 0 Å². The third-order valence-electron chi connectivity index (χ3n) is 2.39. The average molecular weight is 288 g/mol. The van der Waals surface area contributed by atoms with Gasteiger partial charge in [-0.1, -0.05) is 0 Å². The molecule has 1 aliphatic rings. The fourth-order valence-electron chi connectivity index (χ4n) is 1.55. The molecule has 0 radical (unpaired) electrons. The molecule has 1 fully saturated rings. The highest BCUT2D eigenvalue weighted by atomic mass is 79.9. The Hall–Kier alpha value is -0.850. The second-order valence-corrected chi connectivity index (χ2v) is 4.55. The molecule has 1 aliphatic heterocycles. The first-order valence-corrected chi connectivity index (χ1v) is 5.99. The smallest absolute Gasteiger partial charge is 0.267 e. The van der Waals surface area contributed by atoms with E-state index in [9.17, 15) is 4.79 Å². The van der Waals surface area contributed by atoms with E-state index in [1.807, 2.05) is 0 Å². The molecule has 2 heterocycles. The summed E-state index contributed by atoms with van der Waals surface area (Å²) in [4.78, 5) is 14.5. The van der Waals surface area contributed by atoms with Crippen molar-refractivity contribution >= 4 is 21.8 Å². The Morgan fingerprint density at radius 2 is 2.56 bits per heavy atom. The lowest BCUT2D eigenvalue weighted by molar-refractivity contribution is 0.0287. The number of hydrogen-bond acceptors (Lipinski definition) is 3. The van der Waals surface area contributed by atoms with Crippen LogP contribution in [0.2, 0.25) is 0 Å². The first-order chi connectivity index (χ1) is 7.75. The van der Waals surface area contributed by atoms with Gasteiger partial charge in [0.2, 0.25) is 0 Å².